The maximum Gasteiger partial charge on any atom is 0.472 e. The molecule has 0 radical (unpaired) electrons. The molecule has 2 atom stereocenters. The van der Waals surface area contributed by atoms with Gasteiger partial charge in [0.15, 0.2) is 6.10 Å². The Morgan fingerprint density at radius 3 is 1.52 bits per heavy atom. The quantitative estimate of drug-likeness (QED) is 0.0215. The monoisotopic (exact) mass is 809 g/mol. The first kappa shape index (κ1) is 53.7. The van der Waals surface area contributed by atoms with E-state index < -0.39 is 26.5 Å². The van der Waals surface area contributed by atoms with E-state index in [1.807, 2.05) is 21.1 Å². The number of hydrogen-bond donors (Lipinski definition) is 1. The molecule has 0 spiro atoms. The van der Waals surface area contributed by atoms with Crippen LogP contribution in [0.2, 0.25) is 0 Å². The molecule has 0 heterocycles. The number of nitrogens with zero attached hydrogens (tertiary/aromatic N) is 1. The molecule has 0 saturated heterocycles. The number of unbranched alkanes of at least 4 members (excludes halogenated alkanes) is 15. The van der Waals surface area contributed by atoms with Gasteiger partial charge >= 0.3 is 19.8 Å². The van der Waals surface area contributed by atoms with Crippen molar-refractivity contribution in [3.8, 4) is 0 Å². The molecule has 0 aromatic carbocycles. The Labute approximate surface area is 343 Å². The highest BCUT2D eigenvalue weighted by Crippen LogP contribution is 2.43. The minimum absolute atomic E-state index is 0.0275. The highest BCUT2D eigenvalue weighted by molar-refractivity contribution is 7.47. The van der Waals surface area contributed by atoms with Crippen LogP contribution in [-0.4, -0.2) is 74.9 Å². The minimum Gasteiger partial charge on any atom is -0.462 e. The molecule has 0 bridgehead atoms. The molecule has 0 aromatic heterocycles. The van der Waals surface area contributed by atoms with Gasteiger partial charge in [-0.3, -0.25) is 18.6 Å². The molecular formula is C46H83NO8P+. The van der Waals surface area contributed by atoms with Gasteiger partial charge in [0.2, 0.25) is 0 Å². The van der Waals surface area contributed by atoms with Crippen LogP contribution in [-0.2, 0) is 32.7 Å². The highest BCUT2D eigenvalue weighted by Gasteiger charge is 2.27. The van der Waals surface area contributed by atoms with Gasteiger partial charge in [0.1, 0.15) is 19.8 Å². The van der Waals surface area contributed by atoms with Crippen molar-refractivity contribution in [3.63, 3.8) is 0 Å². The van der Waals surface area contributed by atoms with Crippen molar-refractivity contribution in [2.75, 3.05) is 47.5 Å². The third-order valence-corrected chi connectivity index (χ3v) is 10.0. The van der Waals surface area contributed by atoms with Crippen LogP contribution in [0.3, 0.4) is 0 Å². The molecular weight excluding hydrogens is 725 g/mol. The van der Waals surface area contributed by atoms with Crippen molar-refractivity contribution in [1.82, 2.24) is 0 Å². The smallest absolute Gasteiger partial charge is 0.462 e. The molecule has 0 rings (SSSR count). The summed E-state index contributed by atoms with van der Waals surface area (Å²) in [6.07, 6.45) is 45.6. The summed E-state index contributed by atoms with van der Waals surface area (Å²) in [6.45, 7) is 4.26. The number of carbonyl (C=O) groups excluding carboxylic acids is 2. The zero-order valence-electron chi connectivity index (χ0n) is 36.3. The van der Waals surface area contributed by atoms with Crippen LogP contribution < -0.4 is 0 Å². The number of allylic oxidation sites excluding steroid dienone is 10. The zero-order valence-corrected chi connectivity index (χ0v) is 37.2. The number of esters is 2. The number of phosphoric ester groups is 1. The summed E-state index contributed by atoms with van der Waals surface area (Å²) in [5.74, 6) is -0.817. The van der Waals surface area contributed by atoms with Crippen molar-refractivity contribution >= 4 is 19.8 Å². The Bertz CT molecular complexity index is 1140. The predicted molar refractivity (Wildman–Crippen MR) is 233 cm³/mol. The van der Waals surface area contributed by atoms with E-state index in [9.17, 15) is 19.0 Å². The van der Waals surface area contributed by atoms with Crippen LogP contribution in [0.4, 0.5) is 0 Å². The number of quaternary nitrogens is 1. The van der Waals surface area contributed by atoms with Gasteiger partial charge in [0.05, 0.1) is 27.7 Å². The molecule has 9 nitrogen and oxygen atoms in total. The lowest BCUT2D eigenvalue weighted by Gasteiger charge is -2.24. The van der Waals surface area contributed by atoms with Gasteiger partial charge in [-0.2, -0.15) is 0 Å². The van der Waals surface area contributed by atoms with Gasteiger partial charge in [-0.1, -0.05) is 158 Å². The normalized spacial score (nSPS) is 14.2. The summed E-state index contributed by atoms with van der Waals surface area (Å²) in [4.78, 5) is 35.3. The molecule has 56 heavy (non-hydrogen) atoms. The number of ether oxygens (including phenoxy) is 2. The fourth-order valence-electron chi connectivity index (χ4n) is 5.63. The Morgan fingerprint density at radius 2 is 1.02 bits per heavy atom. The lowest BCUT2D eigenvalue weighted by molar-refractivity contribution is -0.870. The van der Waals surface area contributed by atoms with Gasteiger partial charge in [-0.25, -0.2) is 4.57 Å². The topological polar surface area (TPSA) is 108 Å². The highest BCUT2D eigenvalue weighted by atomic mass is 31.2. The summed E-state index contributed by atoms with van der Waals surface area (Å²) in [7, 11) is 1.46. The third-order valence-electron chi connectivity index (χ3n) is 9.06. The second kappa shape index (κ2) is 38.2. The fraction of sp³-hybridized carbons (Fsp3) is 0.739. The number of likely N-dealkylation sites (N-methyl/N-ethyl adjacent to an activating group) is 1. The summed E-state index contributed by atoms with van der Waals surface area (Å²) in [6, 6.07) is 0. The molecule has 0 aliphatic heterocycles. The molecule has 324 valence electrons. The molecule has 10 heteroatoms. The zero-order chi connectivity index (χ0) is 41.4. The second-order valence-electron chi connectivity index (χ2n) is 15.7. The van der Waals surface area contributed by atoms with E-state index in [4.69, 9.17) is 18.5 Å². The maximum atomic E-state index is 12.7. The Balaban J connectivity index is 4.29. The maximum absolute atomic E-state index is 12.7. The number of hydrogen-bond acceptors (Lipinski definition) is 7. The van der Waals surface area contributed by atoms with Crippen LogP contribution >= 0.6 is 7.82 Å². The summed E-state index contributed by atoms with van der Waals surface area (Å²) in [5.41, 5.74) is 0. The molecule has 0 aliphatic rings. The summed E-state index contributed by atoms with van der Waals surface area (Å²) < 4.78 is 34.2. The first-order valence-corrected chi connectivity index (χ1v) is 23.5. The van der Waals surface area contributed by atoms with E-state index in [0.29, 0.717) is 17.4 Å². The average Bonchev–Trinajstić information content (AvgIpc) is 3.15. The number of carbonyl (C=O) groups is 2. The average molecular weight is 809 g/mol. The van der Waals surface area contributed by atoms with Crippen LogP contribution in [0, 0.1) is 0 Å². The number of rotatable bonds is 39. The fourth-order valence-corrected chi connectivity index (χ4v) is 6.37. The molecule has 1 N–H and O–H groups in total. The Hall–Kier alpha value is -2.29. The van der Waals surface area contributed by atoms with E-state index in [2.05, 4.69) is 74.6 Å². The molecule has 0 amide bonds. The Kier molecular flexibility index (Phi) is 36.7. The second-order valence-corrected chi connectivity index (χ2v) is 17.2. The lowest BCUT2D eigenvalue weighted by atomic mass is 10.1. The largest absolute Gasteiger partial charge is 0.472 e. The van der Waals surface area contributed by atoms with Crippen LogP contribution in [0.5, 0.6) is 0 Å². The first-order valence-electron chi connectivity index (χ1n) is 22.0. The first-order chi connectivity index (χ1) is 27.0. The molecule has 2 unspecified atom stereocenters. The van der Waals surface area contributed by atoms with Crippen LogP contribution in [0.25, 0.3) is 0 Å². The summed E-state index contributed by atoms with van der Waals surface area (Å²) in [5, 5.41) is 0. The van der Waals surface area contributed by atoms with Crippen molar-refractivity contribution in [2.45, 2.75) is 174 Å². The van der Waals surface area contributed by atoms with Crippen molar-refractivity contribution in [1.29, 1.82) is 0 Å². The van der Waals surface area contributed by atoms with Gasteiger partial charge in [0, 0.05) is 12.8 Å². The minimum atomic E-state index is -4.37. The van der Waals surface area contributed by atoms with Crippen LogP contribution in [0.15, 0.2) is 60.8 Å². The van der Waals surface area contributed by atoms with E-state index in [1.165, 1.54) is 57.8 Å². The van der Waals surface area contributed by atoms with E-state index in [1.54, 1.807) is 0 Å². The van der Waals surface area contributed by atoms with Gasteiger partial charge in [-0.15, -0.1) is 0 Å². The van der Waals surface area contributed by atoms with Gasteiger partial charge < -0.3 is 18.9 Å². The van der Waals surface area contributed by atoms with Crippen molar-refractivity contribution < 1.29 is 42.1 Å². The predicted octanol–water partition coefficient (Wildman–Crippen LogP) is 12.5. The molecule has 0 saturated carbocycles. The van der Waals surface area contributed by atoms with Crippen molar-refractivity contribution in [2.24, 2.45) is 0 Å². The SMILES string of the molecule is CC/C=C\C/C=C\C/C=C\C/C=C\C/C=C\CCCCCCCCCC(=O)OC(COC(=O)CCCCCCCCCCC)COP(=O)(O)OCC[N+](C)(C)C. The molecule has 0 aliphatic carbocycles. The number of phosphoric acid groups is 1. The van der Waals surface area contributed by atoms with Gasteiger partial charge in [0.25, 0.3) is 0 Å². The van der Waals surface area contributed by atoms with Crippen molar-refractivity contribution in [3.05, 3.63) is 60.8 Å². The summed E-state index contributed by atoms with van der Waals surface area (Å²) >= 11 is 0. The van der Waals surface area contributed by atoms with Gasteiger partial charge in [-0.05, 0) is 57.8 Å². The van der Waals surface area contributed by atoms with E-state index in [-0.39, 0.29) is 32.0 Å². The molecule has 0 fully saturated rings. The van der Waals surface area contributed by atoms with Crippen LogP contribution in [0.1, 0.15) is 168 Å². The molecule has 0 aromatic rings. The van der Waals surface area contributed by atoms with E-state index >= 15 is 0 Å². The Morgan fingerprint density at radius 1 is 0.571 bits per heavy atom. The third kappa shape index (κ3) is 41.3. The van der Waals surface area contributed by atoms with E-state index in [0.717, 1.165) is 77.0 Å². The standard InChI is InChI=1S/C46H82NO8P/c1-6-8-10-12-14-16-17-18-19-20-21-22-23-24-25-26-27-28-29-31-33-35-37-39-46(49)55-44(43-54-56(50,51)53-41-40-47(3,4)5)42-52-45(48)38-36-34-32-30-15-13-11-9-7-2/h8,10,14,16,18-19,21-22,24-25,44H,6-7,9,11-13,15,17,20,23,26-43H2,1-5H3/p+1/b10-8-,16-14-,19-18-,22-21-,25-24-. The lowest BCUT2D eigenvalue weighted by Crippen LogP contribution is -2.37.